The predicted molar refractivity (Wildman–Crippen MR) is 147 cm³/mol. The van der Waals surface area contributed by atoms with Crippen LogP contribution in [0.15, 0.2) is 59.5 Å². The second kappa shape index (κ2) is 12.0. The van der Waals surface area contributed by atoms with Crippen LogP contribution < -0.4 is 4.74 Å². The number of hydrogen-bond acceptors (Lipinski definition) is 9. The molecule has 0 spiro atoms. The van der Waals surface area contributed by atoms with E-state index in [1.54, 1.807) is 85.1 Å². The summed E-state index contributed by atoms with van der Waals surface area (Å²) in [6, 6.07) is 16.0. The molecule has 2 heterocycles. The summed E-state index contributed by atoms with van der Waals surface area (Å²) in [5.41, 5.74) is -2.16. The molecule has 2 saturated heterocycles. The lowest BCUT2D eigenvalue weighted by atomic mass is 9.94. The van der Waals surface area contributed by atoms with E-state index in [1.165, 1.54) is 0 Å². The number of rotatable bonds is 6. The van der Waals surface area contributed by atoms with Gasteiger partial charge >= 0.3 is 11.9 Å². The summed E-state index contributed by atoms with van der Waals surface area (Å²) in [5, 5.41) is 0. The first-order chi connectivity index (χ1) is 18.8. The Balaban J connectivity index is 1.73. The zero-order chi connectivity index (χ0) is 29.2. The van der Waals surface area contributed by atoms with Crippen molar-refractivity contribution in [1.29, 1.82) is 0 Å². The highest BCUT2D eigenvalue weighted by molar-refractivity contribution is 7.85. The van der Waals surface area contributed by atoms with E-state index in [4.69, 9.17) is 28.4 Å². The molecular formula is C30H38O9S. The van der Waals surface area contributed by atoms with Gasteiger partial charge in [0.25, 0.3) is 0 Å². The molecule has 0 amide bonds. The number of benzene rings is 2. The van der Waals surface area contributed by atoms with E-state index in [0.29, 0.717) is 10.6 Å². The van der Waals surface area contributed by atoms with Crippen molar-refractivity contribution in [2.45, 2.75) is 82.6 Å². The summed E-state index contributed by atoms with van der Waals surface area (Å²) in [5.74, 6) is -0.392. The van der Waals surface area contributed by atoms with Gasteiger partial charge in [-0.15, -0.1) is 0 Å². The van der Waals surface area contributed by atoms with Crippen molar-refractivity contribution in [1.82, 2.24) is 0 Å². The summed E-state index contributed by atoms with van der Waals surface area (Å²) in [6.45, 7) is 10.4. The Morgan fingerprint density at radius 1 is 0.825 bits per heavy atom. The van der Waals surface area contributed by atoms with Gasteiger partial charge in [-0.2, -0.15) is 0 Å². The van der Waals surface area contributed by atoms with Crippen LogP contribution in [-0.4, -0.2) is 59.7 Å². The fraction of sp³-hybridized carbons (Fsp3) is 0.533. The van der Waals surface area contributed by atoms with E-state index < -0.39 is 69.7 Å². The predicted octanol–water partition coefficient (Wildman–Crippen LogP) is 4.56. The van der Waals surface area contributed by atoms with Crippen LogP contribution in [0, 0.1) is 10.8 Å². The van der Waals surface area contributed by atoms with Gasteiger partial charge in [0.1, 0.15) is 18.0 Å². The summed E-state index contributed by atoms with van der Waals surface area (Å²) in [7, 11) is -0.200. The van der Waals surface area contributed by atoms with Crippen molar-refractivity contribution < 1.29 is 42.2 Å². The lowest BCUT2D eigenvalue weighted by Gasteiger charge is -2.48. The molecule has 2 aliphatic heterocycles. The van der Waals surface area contributed by atoms with Crippen molar-refractivity contribution in [3.05, 3.63) is 60.2 Å². The zero-order valence-corrected chi connectivity index (χ0v) is 24.8. The van der Waals surface area contributed by atoms with Crippen LogP contribution in [0.5, 0.6) is 5.75 Å². The first-order valence-corrected chi connectivity index (χ1v) is 14.4. The summed E-state index contributed by atoms with van der Waals surface area (Å²) in [4.78, 5) is 26.9. The maximum absolute atomic E-state index is 13.9. The molecule has 218 valence electrons. The van der Waals surface area contributed by atoms with Crippen molar-refractivity contribution >= 4 is 22.7 Å². The second-order valence-electron chi connectivity index (χ2n) is 11.9. The summed E-state index contributed by atoms with van der Waals surface area (Å²) >= 11 is 0. The van der Waals surface area contributed by atoms with Crippen molar-refractivity contribution in [2.75, 3.05) is 13.7 Å². The maximum atomic E-state index is 13.9. The Bertz CT molecular complexity index is 1200. The van der Waals surface area contributed by atoms with E-state index in [0.717, 1.165) is 5.56 Å². The van der Waals surface area contributed by atoms with Gasteiger partial charge in [-0.25, -0.2) is 0 Å². The molecule has 10 heteroatoms. The Kier molecular flexibility index (Phi) is 9.04. The second-order valence-corrected chi connectivity index (χ2v) is 13.5. The average molecular weight is 575 g/mol. The normalized spacial score (nSPS) is 27.7. The lowest BCUT2D eigenvalue weighted by molar-refractivity contribution is -0.322. The van der Waals surface area contributed by atoms with Gasteiger partial charge in [0.15, 0.2) is 23.9 Å². The number of esters is 2. The highest BCUT2D eigenvalue weighted by atomic mass is 32.2. The quantitative estimate of drug-likeness (QED) is 0.459. The van der Waals surface area contributed by atoms with Crippen LogP contribution in [0.2, 0.25) is 0 Å². The standard InChI is InChI=1S/C30H38O9S/c1-29(2,3)27(31)38-23-22-21(17-35-25(37-22)18-13-15-19(34-7)16-14-18)36-26(24(23)39-28(32)30(4,5)6)40(33)20-11-9-8-10-12-20/h8-16,21-26H,17H2,1-7H3/t21-,22-,23+,24-,25?,26+,40?/m1/s1. The first kappa shape index (κ1) is 30.2. The van der Waals surface area contributed by atoms with E-state index in [2.05, 4.69) is 0 Å². The van der Waals surface area contributed by atoms with Crippen molar-refractivity contribution in [3.8, 4) is 5.75 Å². The van der Waals surface area contributed by atoms with E-state index >= 15 is 0 Å². The molecule has 0 aromatic heterocycles. The maximum Gasteiger partial charge on any atom is 0.311 e. The molecule has 0 bridgehead atoms. The Labute approximate surface area is 237 Å². The van der Waals surface area contributed by atoms with Crippen molar-refractivity contribution in [3.63, 3.8) is 0 Å². The Morgan fingerprint density at radius 2 is 1.40 bits per heavy atom. The zero-order valence-electron chi connectivity index (χ0n) is 23.9. The van der Waals surface area contributed by atoms with Crippen LogP contribution in [0.3, 0.4) is 0 Å². The number of hydrogen-bond donors (Lipinski definition) is 0. The molecule has 0 radical (unpaired) electrons. The average Bonchev–Trinajstić information content (AvgIpc) is 2.92. The summed E-state index contributed by atoms with van der Waals surface area (Å²) in [6.07, 6.45) is -4.74. The molecule has 40 heavy (non-hydrogen) atoms. The minimum atomic E-state index is -1.78. The molecule has 7 atom stereocenters. The lowest BCUT2D eigenvalue weighted by Crippen LogP contribution is -2.65. The van der Waals surface area contributed by atoms with Gasteiger partial charge in [0.2, 0.25) is 0 Å². The topological polar surface area (TPSA) is 107 Å². The number of methoxy groups -OCH3 is 1. The third kappa shape index (κ3) is 6.74. The van der Waals surface area contributed by atoms with Gasteiger partial charge in [-0.05, 0) is 65.8 Å². The monoisotopic (exact) mass is 574 g/mol. The minimum absolute atomic E-state index is 0.0767. The molecule has 4 rings (SSSR count). The third-order valence-electron chi connectivity index (χ3n) is 6.57. The Hall–Kier alpha value is -2.79. The van der Waals surface area contributed by atoms with Crippen LogP contribution in [0.4, 0.5) is 0 Å². The molecule has 2 aromatic rings. The summed E-state index contributed by atoms with van der Waals surface area (Å²) < 4.78 is 49.8. The minimum Gasteiger partial charge on any atom is -0.497 e. The number of carbonyl (C=O) groups is 2. The van der Waals surface area contributed by atoms with E-state index in [1.807, 2.05) is 18.2 Å². The fourth-order valence-electron chi connectivity index (χ4n) is 4.20. The number of ether oxygens (including phenoxy) is 6. The molecule has 0 aliphatic carbocycles. The van der Waals surface area contributed by atoms with Crippen LogP contribution in [0.25, 0.3) is 0 Å². The Morgan fingerprint density at radius 3 is 1.95 bits per heavy atom. The molecule has 2 unspecified atom stereocenters. The molecule has 2 aliphatic rings. The van der Waals surface area contributed by atoms with Crippen molar-refractivity contribution in [2.24, 2.45) is 10.8 Å². The van der Waals surface area contributed by atoms with Gasteiger partial charge in [-0.3, -0.25) is 13.8 Å². The fourth-order valence-corrected chi connectivity index (χ4v) is 5.59. The SMILES string of the molecule is COc1ccc(C2OC[C@H]3O[C@@H](S(=O)c4ccccc4)[C@H](OC(=O)C(C)(C)C)[C@@H](OC(=O)C(C)(C)C)[C@@H]3O2)cc1. The molecule has 9 nitrogen and oxygen atoms in total. The van der Waals surface area contributed by atoms with E-state index in [-0.39, 0.29) is 6.61 Å². The van der Waals surface area contributed by atoms with Gasteiger partial charge in [-0.1, -0.05) is 30.3 Å². The van der Waals surface area contributed by atoms with Gasteiger partial charge in [0, 0.05) is 10.5 Å². The van der Waals surface area contributed by atoms with Gasteiger partial charge in [0.05, 0.1) is 35.3 Å². The molecule has 0 N–H and O–H groups in total. The number of fused-ring (bicyclic) bond motifs is 1. The highest BCUT2D eigenvalue weighted by Crippen LogP contribution is 2.39. The molecule has 2 fully saturated rings. The largest absolute Gasteiger partial charge is 0.497 e. The highest BCUT2D eigenvalue weighted by Gasteiger charge is 2.56. The van der Waals surface area contributed by atoms with Crippen LogP contribution in [-0.2, 0) is 44.1 Å². The first-order valence-electron chi connectivity index (χ1n) is 13.2. The third-order valence-corrected chi connectivity index (χ3v) is 8.11. The van der Waals surface area contributed by atoms with Crippen LogP contribution >= 0.6 is 0 Å². The smallest absolute Gasteiger partial charge is 0.311 e. The number of carbonyl (C=O) groups excluding carboxylic acids is 2. The molecule has 0 saturated carbocycles. The molecule has 2 aromatic carbocycles. The molecular weight excluding hydrogens is 536 g/mol. The van der Waals surface area contributed by atoms with E-state index in [9.17, 15) is 13.8 Å². The van der Waals surface area contributed by atoms with Gasteiger partial charge < -0.3 is 28.4 Å². The van der Waals surface area contributed by atoms with Crippen LogP contribution in [0.1, 0.15) is 53.4 Å².